The molecule has 1 saturated heterocycles. The third kappa shape index (κ3) is 4.06. The molecule has 1 amide bonds. The van der Waals surface area contributed by atoms with Crippen molar-refractivity contribution < 1.29 is 4.79 Å². The molecule has 1 aliphatic heterocycles. The first kappa shape index (κ1) is 17.8. The van der Waals surface area contributed by atoms with Crippen LogP contribution in [0.25, 0.3) is 11.1 Å². The number of H-pyrrole nitrogens is 1. The second-order valence-corrected chi connectivity index (χ2v) is 7.76. The molecule has 0 spiro atoms. The van der Waals surface area contributed by atoms with E-state index in [0.29, 0.717) is 18.2 Å². The maximum atomic E-state index is 13.2. The quantitative estimate of drug-likeness (QED) is 0.684. The van der Waals surface area contributed by atoms with Gasteiger partial charge in [0.05, 0.1) is 23.9 Å². The van der Waals surface area contributed by atoms with Crippen LogP contribution in [-0.4, -0.2) is 50.6 Å². The number of carbonyl (C=O) groups excluding carboxylic acids is 1. The van der Waals surface area contributed by atoms with Gasteiger partial charge >= 0.3 is 0 Å². The average molecular weight is 382 g/mol. The summed E-state index contributed by atoms with van der Waals surface area (Å²) in [5.41, 5.74) is 5.18. The van der Waals surface area contributed by atoms with Gasteiger partial charge in [0.1, 0.15) is 5.69 Å². The Balaban J connectivity index is 1.54. The first-order valence-electron chi connectivity index (χ1n) is 9.05. The minimum atomic E-state index is -0.0338. The second-order valence-electron chi connectivity index (χ2n) is 6.82. The normalized spacial score (nSPS) is 16.6. The van der Waals surface area contributed by atoms with Crippen molar-refractivity contribution in [2.75, 3.05) is 19.6 Å². The van der Waals surface area contributed by atoms with Crippen LogP contribution in [0, 0.1) is 12.8 Å². The fourth-order valence-corrected chi connectivity index (χ4v) is 4.11. The van der Waals surface area contributed by atoms with E-state index in [9.17, 15) is 4.79 Å². The van der Waals surface area contributed by atoms with E-state index >= 15 is 0 Å². The number of nitrogens with zero attached hydrogens (tertiary/aromatic N) is 4. The summed E-state index contributed by atoms with van der Waals surface area (Å²) in [6.07, 6.45) is 6.37. The van der Waals surface area contributed by atoms with Crippen molar-refractivity contribution in [2.45, 2.75) is 19.9 Å². The Bertz CT molecular complexity index is 883. The van der Waals surface area contributed by atoms with Crippen LogP contribution in [0.15, 0.2) is 36.2 Å². The van der Waals surface area contributed by atoms with Gasteiger partial charge in [-0.3, -0.25) is 14.9 Å². The van der Waals surface area contributed by atoms with Crippen LogP contribution in [0.2, 0.25) is 0 Å². The number of aryl methyl sites for hydroxylation is 1. The summed E-state index contributed by atoms with van der Waals surface area (Å²) >= 11 is 1.60. The number of nitrogens with one attached hydrogen (secondary N) is 2. The fourth-order valence-electron chi connectivity index (χ4n) is 3.31. The summed E-state index contributed by atoms with van der Waals surface area (Å²) in [6.45, 7) is 5.27. The molecule has 0 radical (unpaired) electrons. The molecule has 1 aliphatic rings. The minimum absolute atomic E-state index is 0.0338. The molecule has 8 heteroatoms. The van der Waals surface area contributed by atoms with Gasteiger partial charge in [-0.25, -0.2) is 4.98 Å². The lowest BCUT2D eigenvalue weighted by molar-refractivity contribution is 0.0714. The van der Waals surface area contributed by atoms with Crippen LogP contribution < -0.4 is 5.32 Å². The lowest BCUT2D eigenvalue weighted by Gasteiger charge is -2.25. The smallest absolute Gasteiger partial charge is 0.272 e. The number of rotatable bonds is 6. The summed E-state index contributed by atoms with van der Waals surface area (Å²) in [5, 5.41) is 10.1. The molecular formula is C19H22N6OS. The molecule has 0 aromatic carbocycles. The Morgan fingerprint density at radius 3 is 2.85 bits per heavy atom. The summed E-state index contributed by atoms with van der Waals surface area (Å²) in [6, 6.07) is 3.71. The highest BCUT2D eigenvalue weighted by atomic mass is 32.1. The van der Waals surface area contributed by atoms with Crippen molar-refractivity contribution in [3.05, 3.63) is 52.5 Å². The molecule has 3 aromatic heterocycles. The molecule has 140 valence electrons. The van der Waals surface area contributed by atoms with Gasteiger partial charge in [0, 0.05) is 34.9 Å². The molecule has 1 fully saturated rings. The highest BCUT2D eigenvalue weighted by molar-refractivity contribution is 7.09. The maximum Gasteiger partial charge on any atom is 0.272 e. The molecule has 0 saturated carbocycles. The van der Waals surface area contributed by atoms with Crippen molar-refractivity contribution in [1.29, 1.82) is 0 Å². The van der Waals surface area contributed by atoms with Gasteiger partial charge in [0.15, 0.2) is 0 Å². The molecule has 27 heavy (non-hydrogen) atoms. The zero-order chi connectivity index (χ0) is 18.6. The van der Waals surface area contributed by atoms with E-state index < -0.39 is 0 Å². The molecule has 2 N–H and O–H groups in total. The topological polar surface area (TPSA) is 86.8 Å². The van der Waals surface area contributed by atoms with Crippen LogP contribution in [0.3, 0.4) is 0 Å². The minimum Gasteiger partial charge on any atom is -0.332 e. The van der Waals surface area contributed by atoms with E-state index in [1.807, 2.05) is 29.6 Å². The zero-order valence-corrected chi connectivity index (χ0v) is 16.0. The van der Waals surface area contributed by atoms with Gasteiger partial charge in [0.25, 0.3) is 5.91 Å². The van der Waals surface area contributed by atoms with Gasteiger partial charge in [-0.05, 0) is 38.4 Å². The second kappa shape index (κ2) is 7.98. The standard InChI is InChI=1S/C19H22N6OS/c1-13-18(27-12-22-13)11-25(10-14-4-5-20-6-14)19(26)17-3-2-15(7-21-17)16-8-23-24-9-16/h2-3,7-9,12,14,20H,4-6,10-11H2,1H3,(H,23,24). The Labute approximate surface area is 161 Å². The fraction of sp³-hybridized carbons (Fsp3) is 0.368. The Hall–Kier alpha value is -2.58. The predicted molar refractivity (Wildman–Crippen MR) is 104 cm³/mol. The van der Waals surface area contributed by atoms with Crippen molar-refractivity contribution in [3.8, 4) is 11.1 Å². The van der Waals surface area contributed by atoms with Crippen LogP contribution >= 0.6 is 11.3 Å². The molecule has 1 atom stereocenters. The number of aromatic nitrogens is 4. The molecule has 3 aromatic rings. The van der Waals surface area contributed by atoms with Gasteiger partial charge in [-0.2, -0.15) is 5.10 Å². The number of aromatic amines is 1. The molecule has 7 nitrogen and oxygen atoms in total. The van der Waals surface area contributed by atoms with Crippen LogP contribution in [0.5, 0.6) is 0 Å². The monoisotopic (exact) mass is 382 g/mol. The van der Waals surface area contributed by atoms with Crippen LogP contribution in [0.1, 0.15) is 27.5 Å². The molecule has 0 bridgehead atoms. The number of hydrogen-bond donors (Lipinski definition) is 2. The average Bonchev–Trinajstić information content (AvgIpc) is 3.45. The summed E-state index contributed by atoms with van der Waals surface area (Å²) < 4.78 is 0. The van der Waals surface area contributed by atoms with Gasteiger partial charge in [-0.1, -0.05) is 6.07 Å². The van der Waals surface area contributed by atoms with E-state index in [1.54, 1.807) is 29.8 Å². The largest absolute Gasteiger partial charge is 0.332 e. The van der Waals surface area contributed by atoms with E-state index in [-0.39, 0.29) is 5.91 Å². The zero-order valence-electron chi connectivity index (χ0n) is 15.2. The number of hydrogen-bond acceptors (Lipinski definition) is 6. The third-order valence-electron chi connectivity index (χ3n) is 4.92. The SMILES string of the molecule is Cc1ncsc1CN(CC1CCNC1)C(=O)c1ccc(-c2cn[nH]c2)cn1. The van der Waals surface area contributed by atoms with Gasteiger partial charge in [-0.15, -0.1) is 11.3 Å². The number of carbonyl (C=O) groups is 1. The lowest BCUT2D eigenvalue weighted by atomic mass is 10.1. The van der Waals surface area contributed by atoms with E-state index in [2.05, 4.69) is 25.5 Å². The van der Waals surface area contributed by atoms with E-state index in [4.69, 9.17) is 0 Å². The summed E-state index contributed by atoms with van der Waals surface area (Å²) in [7, 11) is 0. The molecular weight excluding hydrogens is 360 g/mol. The van der Waals surface area contributed by atoms with Crippen molar-refractivity contribution in [3.63, 3.8) is 0 Å². The van der Waals surface area contributed by atoms with E-state index in [0.717, 1.165) is 47.8 Å². The van der Waals surface area contributed by atoms with Gasteiger partial charge in [0.2, 0.25) is 0 Å². The molecule has 4 rings (SSSR count). The van der Waals surface area contributed by atoms with Crippen molar-refractivity contribution in [1.82, 2.24) is 30.4 Å². The molecule has 0 aliphatic carbocycles. The number of thiazole rings is 1. The molecule has 4 heterocycles. The lowest BCUT2D eigenvalue weighted by Crippen LogP contribution is -2.36. The Morgan fingerprint density at radius 2 is 2.22 bits per heavy atom. The Morgan fingerprint density at radius 1 is 1.30 bits per heavy atom. The van der Waals surface area contributed by atoms with Crippen LogP contribution in [-0.2, 0) is 6.54 Å². The third-order valence-corrected chi connectivity index (χ3v) is 5.84. The highest BCUT2D eigenvalue weighted by Gasteiger charge is 2.24. The summed E-state index contributed by atoms with van der Waals surface area (Å²) in [5.74, 6) is 0.445. The maximum absolute atomic E-state index is 13.2. The van der Waals surface area contributed by atoms with E-state index in [1.165, 1.54) is 0 Å². The van der Waals surface area contributed by atoms with Crippen LogP contribution in [0.4, 0.5) is 0 Å². The highest BCUT2D eigenvalue weighted by Crippen LogP contribution is 2.21. The number of amides is 1. The first-order chi connectivity index (χ1) is 13.2. The number of pyridine rings is 1. The first-order valence-corrected chi connectivity index (χ1v) is 9.93. The van der Waals surface area contributed by atoms with Crippen molar-refractivity contribution >= 4 is 17.2 Å². The molecule has 1 unspecified atom stereocenters. The summed E-state index contributed by atoms with van der Waals surface area (Å²) in [4.78, 5) is 25.0. The Kier molecular flexibility index (Phi) is 5.26. The predicted octanol–water partition coefficient (Wildman–Crippen LogP) is 2.49. The van der Waals surface area contributed by atoms with Crippen molar-refractivity contribution in [2.24, 2.45) is 5.92 Å². The van der Waals surface area contributed by atoms with Gasteiger partial charge < -0.3 is 10.2 Å².